The van der Waals surface area contributed by atoms with Crippen LogP contribution in [-0.2, 0) is 11.2 Å². The van der Waals surface area contributed by atoms with Crippen LogP contribution in [0.5, 0.6) is 5.75 Å². The number of aliphatic carboxylic acids is 1. The van der Waals surface area contributed by atoms with Crippen molar-refractivity contribution in [2.24, 2.45) is 0 Å². The predicted octanol–water partition coefficient (Wildman–Crippen LogP) is 2.23. The molecule has 1 rings (SSSR count). The lowest BCUT2D eigenvalue weighted by Gasteiger charge is -2.27. The third-order valence-corrected chi connectivity index (χ3v) is 2.87. The summed E-state index contributed by atoms with van der Waals surface area (Å²) in [6.07, 6.45) is -4.53. The van der Waals surface area contributed by atoms with E-state index in [2.05, 4.69) is 5.32 Å². The van der Waals surface area contributed by atoms with E-state index in [1.807, 2.05) is 0 Å². The topological polar surface area (TPSA) is 58.6 Å². The lowest BCUT2D eigenvalue weighted by atomic mass is 9.92. The molecule has 0 saturated heterocycles. The van der Waals surface area contributed by atoms with E-state index in [4.69, 9.17) is 9.84 Å². The first-order chi connectivity index (χ1) is 9.16. The molecule has 0 aromatic heterocycles. The number of benzene rings is 1. The van der Waals surface area contributed by atoms with Crippen molar-refractivity contribution in [1.29, 1.82) is 0 Å². The predicted molar refractivity (Wildman–Crippen MR) is 66.8 cm³/mol. The van der Waals surface area contributed by atoms with Gasteiger partial charge in [0, 0.05) is 6.42 Å². The zero-order valence-corrected chi connectivity index (χ0v) is 11.1. The lowest BCUT2D eigenvalue weighted by Crippen LogP contribution is -2.54. The fraction of sp³-hybridized carbons (Fsp3) is 0.462. The second kappa shape index (κ2) is 6.13. The molecule has 0 saturated carbocycles. The van der Waals surface area contributed by atoms with Crippen LogP contribution < -0.4 is 10.1 Å². The standard InChI is InChI=1S/C13H16F3NO3/c1-12(11(18)19,17-8-13(14,15)16)7-9-3-5-10(20-2)6-4-9/h3-6,17H,7-8H2,1-2H3,(H,18,19). The normalized spacial score (nSPS) is 14.7. The van der Waals surface area contributed by atoms with Crippen LogP contribution in [0.1, 0.15) is 12.5 Å². The highest BCUT2D eigenvalue weighted by atomic mass is 19.4. The van der Waals surface area contributed by atoms with E-state index in [9.17, 15) is 18.0 Å². The molecule has 0 aliphatic rings. The number of halogens is 3. The molecular weight excluding hydrogens is 275 g/mol. The average molecular weight is 291 g/mol. The summed E-state index contributed by atoms with van der Waals surface area (Å²) < 4.78 is 41.6. The minimum Gasteiger partial charge on any atom is -0.497 e. The second-order valence-electron chi connectivity index (χ2n) is 4.63. The molecule has 0 radical (unpaired) electrons. The van der Waals surface area contributed by atoms with Crippen molar-refractivity contribution in [3.8, 4) is 5.75 Å². The first-order valence-corrected chi connectivity index (χ1v) is 5.84. The van der Waals surface area contributed by atoms with Crippen molar-refractivity contribution >= 4 is 5.97 Å². The Morgan fingerprint density at radius 3 is 2.25 bits per heavy atom. The van der Waals surface area contributed by atoms with Gasteiger partial charge in [0.2, 0.25) is 0 Å². The summed E-state index contributed by atoms with van der Waals surface area (Å²) in [4.78, 5) is 11.2. The molecule has 0 heterocycles. The molecule has 0 fully saturated rings. The smallest absolute Gasteiger partial charge is 0.401 e. The third-order valence-electron chi connectivity index (χ3n) is 2.87. The van der Waals surface area contributed by atoms with Crippen LogP contribution in [0.25, 0.3) is 0 Å². The number of alkyl halides is 3. The summed E-state index contributed by atoms with van der Waals surface area (Å²) >= 11 is 0. The maximum Gasteiger partial charge on any atom is 0.401 e. The highest BCUT2D eigenvalue weighted by Crippen LogP contribution is 2.20. The Morgan fingerprint density at radius 1 is 1.30 bits per heavy atom. The summed E-state index contributed by atoms with van der Waals surface area (Å²) in [5, 5.41) is 11.2. The molecule has 20 heavy (non-hydrogen) atoms. The van der Waals surface area contributed by atoms with Crippen molar-refractivity contribution in [1.82, 2.24) is 5.32 Å². The van der Waals surface area contributed by atoms with E-state index in [0.29, 0.717) is 11.3 Å². The van der Waals surface area contributed by atoms with Crippen molar-refractivity contribution in [3.05, 3.63) is 29.8 Å². The number of rotatable bonds is 6. The van der Waals surface area contributed by atoms with Crippen LogP contribution in [-0.4, -0.2) is 36.4 Å². The van der Waals surface area contributed by atoms with Gasteiger partial charge in [0.1, 0.15) is 11.3 Å². The highest BCUT2D eigenvalue weighted by Gasteiger charge is 2.37. The fourth-order valence-electron chi connectivity index (χ4n) is 1.66. The van der Waals surface area contributed by atoms with E-state index in [1.165, 1.54) is 14.0 Å². The summed E-state index contributed by atoms with van der Waals surface area (Å²) in [6.45, 7) is -0.128. The zero-order chi connectivity index (χ0) is 15.4. The van der Waals surface area contributed by atoms with Crippen LogP contribution in [0.3, 0.4) is 0 Å². The average Bonchev–Trinajstić information content (AvgIpc) is 2.36. The second-order valence-corrected chi connectivity index (χ2v) is 4.63. The molecule has 4 nitrogen and oxygen atoms in total. The summed E-state index contributed by atoms with van der Waals surface area (Å²) in [5.74, 6) is -0.744. The lowest BCUT2D eigenvalue weighted by molar-refractivity contribution is -0.149. The van der Waals surface area contributed by atoms with Crippen LogP contribution in [0.4, 0.5) is 13.2 Å². The van der Waals surface area contributed by atoms with E-state index < -0.39 is 24.2 Å². The molecule has 1 unspecified atom stereocenters. The number of carboxylic acid groups (broad SMARTS) is 1. The van der Waals surface area contributed by atoms with Gasteiger partial charge in [0.25, 0.3) is 0 Å². The van der Waals surface area contributed by atoms with Gasteiger partial charge in [-0.25, -0.2) is 0 Å². The number of carbonyl (C=O) groups is 1. The number of carboxylic acids is 1. The van der Waals surface area contributed by atoms with Crippen LogP contribution >= 0.6 is 0 Å². The molecule has 0 spiro atoms. The first kappa shape index (κ1) is 16.3. The van der Waals surface area contributed by atoms with Gasteiger partial charge in [-0.05, 0) is 24.6 Å². The minimum absolute atomic E-state index is 0.0671. The minimum atomic E-state index is -4.46. The molecular formula is C13H16F3NO3. The highest BCUT2D eigenvalue weighted by molar-refractivity contribution is 5.78. The Kier molecular flexibility index (Phi) is 4.99. The van der Waals surface area contributed by atoms with Crippen molar-refractivity contribution in [2.45, 2.75) is 25.1 Å². The maximum atomic E-state index is 12.2. The molecule has 0 aliphatic carbocycles. The van der Waals surface area contributed by atoms with E-state index in [1.54, 1.807) is 24.3 Å². The van der Waals surface area contributed by atoms with E-state index >= 15 is 0 Å². The Hall–Kier alpha value is -1.76. The van der Waals surface area contributed by atoms with Crippen LogP contribution in [0.2, 0.25) is 0 Å². The molecule has 7 heteroatoms. The first-order valence-electron chi connectivity index (χ1n) is 5.84. The van der Waals surface area contributed by atoms with Gasteiger partial charge in [-0.3, -0.25) is 10.1 Å². The quantitative estimate of drug-likeness (QED) is 0.844. The molecule has 1 aromatic rings. The molecule has 0 bridgehead atoms. The van der Waals surface area contributed by atoms with Gasteiger partial charge in [0.15, 0.2) is 0 Å². The maximum absolute atomic E-state index is 12.2. The van der Waals surface area contributed by atoms with Crippen molar-refractivity contribution < 1.29 is 27.8 Å². The SMILES string of the molecule is COc1ccc(CC(C)(NCC(F)(F)F)C(=O)O)cc1. The van der Waals surface area contributed by atoms with Crippen molar-refractivity contribution in [2.75, 3.05) is 13.7 Å². The van der Waals surface area contributed by atoms with Gasteiger partial charge < -0.3 is 9.84 Å². The summed E-state index contributed by atoms with van der Waals surface area (Å²) in [6, 6.07) is 6.49. The molecule has 0 amide bonds. The van der Waals surface area contributed by atoms with Gasteiger partial charge >= 0.3 is 12.1 Å². The molecule has 112 valence electrons. The molecule has 2 N–H and O–H groups in total. The zero-order valence-electron chi connectivity index (χ0n) is 11.1. The molecule has 0 aliphatic heterocycles. The number of ether oxygens (including phenoxy) is 1. The van der Waals surface area contributed by atoms with Crippen molar-refractivity contribution in [3.63, 3.8) is 0 Å². The monoisotopic (exact) mass is 291 g/mol. The van der Waals surface area contributed by atoms with Gasteiger partial charge in [-0.1, -0.05) is 12.1 Å². The fourth-order valence-corrected chi connectivity index (χ4v) is 1.66. The summed E-state index contributed by atoms with van der Waals surface area (Å²) in [5.41, 5.74) is -1.09. The third kappa shape index (κ3) is 4.73. The number of methoxy groups -OCH3 is 1. The molecule has 1 aromatic carbocycles. The van der Waals surface area contributed by atoms with Crippen LogP contribution in [0.15, 0.2) is 24.3 Å². The Bertz CT molecular complexity index is 459. The Morgan fingerprint density at radius 2 is 1.85 bits per heavy atom. The van der Waals surface area contributed by atoms with Gasteiger partial charge in [-0.2, -0.15) is 13.2 Å². The van der Waals surface area contributed by atoms with E-state index in [0.717, 1.165) is 0 Å². The summed E-state index contributed by atoms with van der Waals surface area (Å²) in [7, 11) is 1.49. The Labute approximate surface area is 114 Å². The Balaban J connectivity index is 2.82. The van der Waals surface area contributed by atoms with Gasteiger partial charge in [-0.15, -0.1) is 0 Å². The number of nitrogens with one attached hydrogen (secondary N) is 1. The van der Waals surface area contributed by atoms with Gasteiger partial charge in [0.05, 0.1) is 13.7 Å². The largest absolute Gasteiger partial charge is 0.497 e. The number of hydrogen-bond donors (Lipinski definition) is 2. The van der Waals surface area contributed by atoms with E-state index in [-0.39, 0.29) is 6.42 Å². The molecule has 1 atom stereocenters. The number of hydrogen-bond acceptors (Lipinski definition) is 3. The van der Waals surface area contributed by atoms with Crippen LogP contribution in [0, 0.1) is 0 Å².